The molecule has 1 amide bonds. The number of carbonyl (C=O) groups is 1. The molecule has 0 aliphatic heterocycles. The zero-order valence-electron chi connectivity index (χ0n) is 14.8. The quantitative estimate of drug-likeness (QED) is 0.660. The molecule has 3 aromatic rings. The summed E-state index contributed by atoms with van der Waals surface area (Å²) < 4.78 is 11.5. The first-order valence-electron chi connectivity index (χ1n) is 8.10. The van der Waals surface area contributed by atoms with Crippen molar-refractivity contribution >= 4 is 33.5 Å². The molecule has 0 aliphatic rings. The average molecular weight is 379 g/mol. The fraction of sp³-hybridized carbons (Fsp3) is 0.150. The zero-order valence-corrected chi connectivity index (χ0v) is 15.6. The number of nitrogens with zero attached hydrogens (tertiary/aromatic N) is 2. The molecular weight excluding hydrogens is 362 g/mol. The topological polar surface area (TPSA) is 84.2 Å². The summed E-state index contributed by atoms with van der Waals surface area (Å²) >= 11 is 1.49. The van der Waals surface area contributed by atoms with Crippen LogP contribution in [0.5, 0.6) is 11.5 Å². The Morgan fingerprint density at radius 2 is 2.07 bits per heavy atom. The highest BCUT2D eigenvalue weighted by Gasteiger charge is 2.18. The van der Waals surface area contributed by atoms with Gasteiger partial charge in [0.25, 0.3) is 0 Å². The maximum absolute atomic E-state index is 12.3. The molecule has 0 fully saturated rings. The van der Waals surface area contributed by atoms with E-state index in [1.807, 2.05) is 24.3 Å². The summed E-state index contributed by atoms with van der Waals surface area (Å²) in [6, 6.07) is 14.1. The summed E-state index contributed by atoms with van der Waals surface area (Å²) in [5, 5.41) is 12.9. The number of nitrogens with one attached hydrogen (secondary N) is 1. The van der Waals surface area contributed by atoms with Gasteiger partial charge in [-0.25, -0.2) is 4.98 Å². The second-order valence-corrected chi connectivity index (χ2v) is 6.59. The van der Waals surface area contributed by atoms with Gasteiger partial charge in [-0.05, 0) is 30.3 Å². The number of hydrogen-bond acceptors (Lipinski definition) is 6. The Labute approximate surface area is 160 Å². The minimum Gasteiger partial charge on any atom is -0.497 e. The molecule has 2 aromatic carbocycles. The molecule has 1 N–H and O–H groups in total. The van der Waals surface area contributed by atoms with Crippen LogP contribution >= 0.6 is 11.3 Å². The van der Waals surface area contributed by atoms with Gasteiger partial charge in [-0.1, -0.05) is 12.1 Å². The van der Waals surface area contributed by atoms with Gasteiger partial charge < -0.3 is 14.8 Å². The van der Waals surface area contributed by atoms with Crippen molar-refractivity contribution in [3.63, 3.8) is 0 Å². The van der Waals surface area contributed by atoms with Crippen molar-refractivity contribution < 1.29 is 14.3 Å². The largest absolute Gasteiger partial charge is 0.497 e. The van der Waals surface area contributed by atoms with E-state index in [-0.39, 0.29) is 0 Å². The number of fused-ring (bicyclic) bond motifs is 1. The summed E-state index contributed by atoms with van der Waals surface area (Å²) in [5.74, 6) is 0.685. The van der Waals surface area contributed by atoms with E-state index in [0.29, 0.717) is 17.1 Å². The summed E-state index contributed by atoms with van der Waals surface area (Å²) in [7, 11) is 3.05. The third-order valence-corrected chi connectivity index (χ3v) is 4.86. The second kappa shape index (κ2) is 8.34. The predicted molar refractivity (Wildman–Crippen MR) is 105 cm³/mol. The van der Waals surface area contributed by atoms with Crippen molar-refractivity contribution in [2.45, 2.75) is 6.04 Å². The summed E-state index contributed by atoms with van der Waals surface area (Å²) in [4.78, 5) is 16.7. The molecule has 27 heavy (non-hydrogen) atoms. The van der Waals surface area contributed by atoms with Crippen LogP contribution in [-0.4, -0.2) is 25.1 Å². The summed E-state index contributed by atoms with van der Waals surface area (Å²) in [6.07, 6.45) is 3.01. The maximum atomic E-state index is 12.3. The van der Waals surface area contributed by atoms with Crippen LogP contribution < -0.4 is 14.8 Å². The first kappa shape index (κ1) is 18.4. The highest BCUT2D eigenvalue weighted by molar-refractivity contribution is 7.19. The lowest BCUT2D eigenvalue weighted by atomic mass is 10.1. The van der Waals surface area contributed by atoms with Crippen LogP contribution in [0.25, 0.3) is 16.3 Å². The number of ether oxygens (including phenoxy) is 2. The predicted octanol–water partition coefficient (Wildman–Crippen LogP) is 3.71. The molecule has 0 radical (unpaired) electrons. The molecule has 6 nitrogen and oxygen atoms in total. The van der Waals surface area contributed by atoms with Gasteiger partial charge in [0.15, 0.2) is 0 Å². The lowest BCUT2D eigenvalue weighted by Gasteiger charge is -2.15. The van der Waals surface area contributed by atoms with E-state index in [9.17, 15) is 10.1 Å². The minimum absolute atomic E-state index is 0.390. The number of aromatic nitrogens is 1. The lowest BCUT2D eigenvalue weighted by molar-refractivity contribution is -0.116. The zero-order chi connectivity index (χ0) is 19.2. The molecule has 1 unspecified atom stereocenters. The van der Waals surface area contributed by atoms with Gasteiger partial charge in [0.1, 0.15) is 22.5 Å². The van der Waals surface area contributed by atoms with Crippen molar-refractivity contribution in [3.8, 4) is 17.6 Å². The van der Waals surface area contributed by atoms with Crippen LogP contribution in [0.4, 0.5) is 0 Å². The lowest BCUT2D eigenvalue weighted by Crippen LogP contribution is -2.26. The van der Waals surface area contributed by atoms with Crippen LogP contribution in [0.1, 0.15) is 16.6 Å². The van der Waals surface area contributed by atoms with E-state index >= 15 is 0 Å². The van der Waals surface area contributed by atoms with Crippen LogP contribution in [0.15, 0.2) is 48.5 Å². The van der Waals surface area contributed by atoms with E-state index in [1.54, 1.807) is 31.4 Å². The molecule has 1 atom stereocenters. The Morgan fingerprint density at radius 1 is 1.26 bits per heavy atom. The Hall–Kier alpha value is -3.37. The standard InChI is InChI=1S/C20H17N3O3S/c1-25-13-7-8-14(17(11-13)26-2)16(12-21)22-19(24)9-10-20-23-15-5-3-4-6-18(15)27-20/h3-11,16H,1-2H3,(H,22,24). The average Bonchev–Trinajstić information content (AvgIpc) is 3.13. The van der Waals surface area contributed by atoms with Crippen molar-refractivity contribution in [1.82, 2.24) is 10.3 Å². The monoisotopic (exact) mass is 379 g/mol. The Kier molecular flexibility index (Phi) is 5.69. The van der Waals surface area contributed by atoms with Crippen molar-refractivity contribution in [3.05, 3.63) is 59.1 Å². The highest BCUT2D eigenvalue weighted by Crippen LogP contribution is 2.29. The number of rotatable bonds is 6. The van der Waals surface area contributed by atoms with E-state index in [1.165, 1.54) is 24.5 Å². The van der Waals surface area contributed by atoms with Gasteiger partial charge in [-0.3, -0.25) is 4.79 Å². The number of hydrogen-bond donors (Lipinski definition) is 1. The molecule has 0 aliphatic carbocycles. The van der Waals surface area contributed by atoms with Crippen molar-refractivity contribution in [2.75, 3.05) is 14.2 Å². The molecule has 7 heteroatoms. The molecule has 136 valence electrons. The first-order valence-corrected chi connectivity index (χ1v) is 8.92. The second-order valence-electron chi connectivity index (χ2n) is 5.53. The molecule has 1 heterocycles. The van der Waals surface area contributed by atoms with E-state index in [0.717, 1.165) is 15.2 Å². The van der Waals surface area contributed by atoms with E-state index in [4.69, 9.17) is 9.47 Å². The van der Waals surface area contributed by atoms with Gasteiger partial charge in [-0.2, -0.15) is 5.26 Å². The molecular formula is C20H17N3O3S. The third kappa shape index (κ3) is 4.25. The van der Waals surface area contributed by atoms with Crippen molar-refractivity contribution in [2.24, 2.45) is 0 Å². The van der Waals surface area contributed by atoms with Crippen molar-refractivity contribution in [1.29, 1.82) is 5.26 Å². The number of nitriles is 1. The van der Waals surface area contributed by atoms with Gasteiger partial charge in [0.05, 0.1) is 30.5 Å². The first-order chi connectivity index (χ1) is 13.1. The Bertz CT molecular complexity index is 1000. The normalized spacial score (nSPS) is 11.9. The van der Waals surface area contributed by atoms with Crippen LogP contribution in [0, 0.1) is 11.3 Å². The van der Waals surface area contributed by atoms with E-state index < -0.39 is 11.9 Å². The Morgan fingerprint density at radius 3 is 2.78 bits per heavy atom. The summed E-state index contributed by atoms with van der Waals surface area (Å²) in [5.41, 5.74) is 1.45. The van der Waals surface area contributed by atoms with E-state index in [2.05, 4.69) is 16.4 Å². The van der Waals surface area contributed by atoms with Crippen LogP contribution in [0.2, 0.25) is 0 Å². The molecule has 1 aromatic heterocycles. The molecule has 0 saturated heterocycles. The number of para-hydroxylation sites is 1. The van der Waals surface area contributed by atoms with Gasteiger partial charge >= 0.3 is 0 Å². The number of carbonyl (C=O) groups excluding carboxylic acids is 1. The molecule has 0 bridgehead atoms. The van der Waals surface area contributed by atoms with Crippen LogP contribution in [0.3, 0.4) is 0 Å². The highest BCUT2D eigenvalue weighted by atomic mass is 32.1. The molecule has 0 spiro atoms. The molecule has 0 saturated carbocycles. The summed E-state index contributed by atoms with van der Waals surface area (Å²) in [6.45, 7) is 0. The van der Waals surface area contributed by atoms with Crippen LogP contribution in [-0.2, 0) is 4.79 Å². The minimum atomic E-state index is -0.849. The van der Waals surface area contributed by atoms with Gasteiger partial charge in [-0.15, -0.1) is 11.3 Å². The number of methoxy groups -OCH3 is 2. The maximum Gasteiger partial charge on any atom is 0.245 e. The number of thiazole rings is 1. The van der Waals surface area contributed by atoms with Gasteiger partial charge in [0.2, 0.25) is 5.91 Å². The Balaban J connectivity index is 1.74. The SMILES string of the molecule is COc1ccc(C(C#N)NC(=O)C=Cc2nc3ccccc3s2)c(OC)c1. The smallest absolute Gasteiger partial charge is 0.245 e. The van der Waals surface area contributed by atoms with Gasteiger partial charge in [0, 0.05) is 17.7 Å². The third-order valence-electron chi connectivity index (χ3n) is 3.86. The molecule has 3 rings (SSSR count). The number of benzene rings is 2. The fourth-order valence-electron chi connectivity index (χ4n) is 2.54. The number of amides is 1. The fourth-order valence-corrected chi connectivity index (χ4v) is 3.41.